The maximum absolute atomic E-state index is 12.6. The van der Waals surface area contributed by atoms with Crippen molar-refractivity contribution < 1.29 is 23.7 Å². The average molecular weight is 520 g/mol. The highest BCUT2D eigenvalue weighted by Gasteiger charge is 2.18. The number of hydrogen-bond acceptors (Lipinski definition) is 5. The topological polar surface area (TPSA) is 54.0 Å². The van der Waals surface area contributed by atoms with Crippen LogP contribution >= 0.6 is 34.8 Å². The molecule has 3 aromatic rings. The number of ether oxygens (including phenoxy) is 4. The van der Waals surface area contributed by atoms with E-state index in [9.17, 15) is 4.79 Å². The predicted molar refractivity (Wildman–Crippen MR) is 133 cm³/mol. The van der Waals surface area contributed by atoms with E-state index >= 15 is 0 Å². The lowest BCUT2D eigenvalue weighted by atomic mass is 10.0. The van der Waals surface area contributed by atoms with Gasteiger partial charge in [-0.25, -0.2) is 4.79 Å². The number of hydrogen-bond donors (Lipinski definition) is 0. The first kappa shape index (κ1) is 24.3. The van der Waals surface area contributed by atoms with Gasteiger partial charge in [0.2, 0.25) is 6.79 Å². The Kier molecular flexibility index (Phi) is 7.88. The molecule has 0 radical (unpaired) electrons. The third-order valence-corrected chi connectivity index (χ3v) is 6.16. The van der Waals surface area contributed by atoms with Crippen molar-refractivity contribution in [3.8, 4) is 17.2 Å². The van der Waals surface area contributed by atoms with Gasteiger partial charge in [0.05, 0.1) is 11.6 Å². The zero-order valence-corrected chi connectivity index (χ0v) is 20.5. The van der Waals surface area contributed by atoms with Crippen molar-refractivity contribution in [2.24, 2.45) is 0 Å². The number of fused-ring (bicyclic) bond motifs is 1. The minimum Gasteiger partial charge on any atom is -0.489 e. The number of carbonyl (C=O) groups excluding carboxylic acids is 1. The normalized spacial score (nSPS) is 12.5. The summed E-state index contributed by atoms with van der Waals surface area (Å²) in [6, 6.07) is 16.2. The van der Waals surface area contributed by atoms with E-state index in [1.165, 1.54) is 0 Å². The monoisotopic (exact) mass is 518 g/mol. The summed E-state index contributed by atoms with van der Waals surface area (Å²) in [6.45, 7) is 2.41. The molecule has 0 N–H and O–H groups in total. The molecule has 8 heteroatoms. The van der Waals surface area contributed by atoms with Gasteiger partial charge in [-0.3, -0.25) is 0 Å². The van der Waals surface area contributed by atoms with E-state index < -0.39 is 5.97 Å². The van der Waals surface area contributed by atoms with E-state index in [2.05, 4.69) is 0 Å². The van der Waals surface area contributed by atoms with Gasteiger partial charge in [-0.15, -0.1) is 0 Å². The Balaban J connectivity index is 1.51. The standard InChI is InChI=1S/C26H21Cl3O5/c1-2-31-26(30)18(11-17-12-24-25(13-23(17)29)34-15-33-24)10-16-6-8-19(9-7-16)32-14-20-21(27)4-3-5-22(20)28/h3-9,11-13H,2,10,14-15H2,1H3/b18-11+. The van der Waals surface area contributed by atoms with Crippen molar-refractivity contribution in [1.82, 2.24) is 0 Å². The zero-order valence-electron chi connectivity index (χ0n) is 18.3. The van der Waals surface area contributed by atoms with Crippen LogP contribution in [0.4, 0.5) is 0 Å². The Bertz CT molecular complexity index is 1200. The lowest BCUT2D eigenvalue weighted by Crippen LogP contribution is -2.10. The Morgan fingerprint density at radius 3 is 2.32 bits per heavy atom. The van der Waals surface area contributed by atoms with Crippen LogP contribution in [0.3, 0.4) is 0 Å². The fourth-order valence-electron chi connectivity index (χ4n) is 3.39. The van der Waals surface area contributed by atoms with Crippen LogP contribution in [0.1, 0.15) is 23.6 Å². The second kappa shape index (κ2) is 11.0. The van der Waals surface area contributed by atoms with E-state index in [0.717, 1.165) is 11.1 Å². The van der Waals surface area contributed by atoms with Gasteiger partial charge < -0.3 is 18.9 Å². The second-order valence-electron chi connectivity index (χ2n) is 7.43. The van der Waals surface area contributed by atoms with Gasteiger partial charge in [0, 0.05) is 33.7 Å². The maximum Gasteiger partial charge on any atom is 0.334 e. The summed E-state index contributed by atoms with van der Waals surface area (Å²) in [5.41, 5.74) is 2.73. The number of rotatable bonds is 8. The molecule has 176 valence electrons. The van der Waals surface area contributed by atoms with E-state index in [-0.39, 0.29) is 20.0 Å². The third-order valence-electron chi connectivity index (χ3n) is 5.12. The molecule has 0 spiro atoms. The predicted octanol–water partition coefficient (Wildman–Crippen LogP) is 7.14. The largest absolute Gasteiger partial charge is 0.489 e. The molecule has 0 unspecified atom stereocenters. The number of esters is 1. The van der Waals surface area contributed by atoms with E-state index in [4.69, 9.17) is 53.8 Å². The van der Waals surface area contributed by atoms with Gasteiger partial charge in [0.25, 0.3) is 0 Å². The second-order valence-corrected chi connectivity index (χ2v) is 8.65. The summed E-state index contributed by atoms with van der Waals surface area (Å²) in [6.07, 6.45) is 2.06. The van der Waals surface area contributed by atoms with Gasteiger partial charge >= 0.3 is 5.97 Å². The summed E-state index contributed by atoms with van der Waals surface area (Å²) in [4.78, 5) is 12.6. The molecule has 1 aliphatic rings. The van der Waals surface area contributed by atoms with Crippen molar-refractivity contribution in [1.29, 1.82) is 0 Å². The summed E-state index contributed by atoms with van der Waals surface area (Å²) < 4.78 is 21.9. The highest BCUT2D eigenvalue weighted by molar-refractivity contribution is 6.36. The Morgan fingerprint density at radius 1 is 0.971 bits per heavy atom. The Morgan fingerprint density at radius 2 is 1.65 bits per heavy atom. The highest BCUT2D eigenvalue weighted by Crippen LogP contribution is 2.38. The fourth-order valence-corrected chi connectivity index (χ4v) is 4.10. The summed E-state index contributed by atoms with van der Waals surface area (Å²) in [7, 11) is 0. The van der Waals surface area contributed by atoms with E-state index in [1.54, 1.807) is 43.3 Å². The van der Waals surface area contributed by atoms with Crippen LogP contribution in [0.15, 0.2) is 60.2 Å². The first-order valence-electron chi connectivity index (χ1n) is 10.6. The van der Waals surface area contributed by atoms with Crippen molar-refractivity contribution in [2.45, 2.75) is 20.0 Å². The highest BCUT2D eigenvalue weighted by atomic mass is 35.5. The fraction of sp³-hybridized carbons (Fsp3) is 0.192. The molecule has 4 rings (SSSR count). The van der Waals surface area contributed by atoms with Gasteiger partial charge in [0.15, 0.2) is 11.5 Å². The van der Waals surface area contributed by atoms with Crippen LogP contribution < -0.4 is 14.2 Å². The molecular weight excluding hydrogens is 499 g/mol. The SMILES string of the molecule is CCOC(=O)/C(=C/c1cc2c(cc1Cl)OCO2)Cc1ccc(OCc2c(Cl)cccc2Cl)cc1. The van der Waals surface area contributed by atoms with Crippen molar-refractivity contribution in [3.05, 3.63) is 91.9 Å². The number of carbonyl (C=O) groups is 1. The van der Waals surface area contributed by atoms with Crippen molar-refractivity contribution >= 4 is 46.8 Å². The van der Waals surface area contributed by atoms with Gasteiger partial charge in [-0.2, -0.15) is 0 Å². The lowest BCUT2D eigenvalue weighted by molar-refractivity contribution is -0.138. The van der Waals surface area contributed by atoms with Crippen molar-refractivity contribution in [3.63, 3.8) is 0 Å². The Hall–Kier alpha value is -2.86. The van der Waals surface area contributed by atoms with Gasteiger partial charge in [-0.05, 0) is 54.5 Å². The van der Waals surface area contributed by atoms with Crippen molar-refractivity contribution in [2.75, 3.05) is 13.4 Å². The summed E-state index contributed by atoms with van der Waals surface area (Å²) in [5, 5.41) is 1.55. The Labute approximate surface area is 212 Å². The average Bonchev–Trinajstić information content (AvgIpc) is 3.26. The molecule has 1 aliphatic heterocycles. The van der Waals surface area contributed by atoms with Crippen LogP contribution in [0.25, 0.3) is 6.08 Å². The molecule has 0 fully saturated rings. The van der Waals surface area contributed by atoms with E-state index in [0.29, 0.717) is 49.9 Å². The van der Waals surface area contributed by atoms with Crippen LogP contribution in [-0.2, 0) is 22.6 Å². The first-order valence-corrected chi connectivity index (χ1v) is 11.7. The van der Waals surface area contributed by atoms with Crippen LogP contribution in [-0.4, -0.2) is 19.4 Å². The molecule has 0 saturated heterocycles. The molecule has 0 amide bonds. The quantitative estimate of drug-likeness (QED) is 0.234. The minimum atomic E-state index is -0.412. The third kappa shape index (κ3) is 5.79. The van der Waals surface area contributed by atoms with Gasteiger partial charge in [0.1, 0.15) is 12.4 Å². The minimum absolute atomic E-state index is 0.140. The molecule has 0 bridgehead atoms. The number of benzene rings is 3. The molecule has 0 saturated carbocycles. The molecule has 3 aromatic carbocycles. The smallest absolute Gasteiger partial charge is 0.334 e. The van der Waals surface area contributed by atoms with Crippen LogP contribution in [0, 0.1) is 0 Å². The molecule has 0 atom stereocenters. The molecular formula is C26H21Cl3O5. The lowest BCUT2D eigenvalue weighted by Gasteiger charge is -2.11. The first-order chi connectivity index (χ1) is 16.4. The van der Waals surface area contributed by atoms with E-state index in [1.807, 2.05) is 24.3 Å². The van der Waals surface area contributed by atoms with Crippen LogP contribution in [0.5, 0.6) is 17.2 Å². The summed E-state index contributed by atoms with van der Waals surface area (Å²) >= 11 is 18.8. The molecule has 5 nitrogen and oxygen atoms in total. The zero-order chi connectivity index (χ0) is 24.1. The molecule has 0 aliphatic carbocycles. The van der Waals surface area contributed by atoms with Gasteiger partial charge in [-0.1, -0.05) is 53.0 Å². The molecule has 1 heterocycles. The molecule has 0 aromatic heterocycles. The molecule has 34 heavy (non-hydrogen) atoms. The van der Waals surface area contributed by atoms with Crippen LogP contribution in [0.2, 0.25) is 15.1 Å². The summed E-state index contributed by atoms with van der Waals surface area (Å²) in [5.74, 6) is 1.40. The number of halogens is 3. The maximum atomic E-state index is 12.6.